The van der Waals surface area contributed by atoms with Gasteiger partial charge in [-0.1, -0.05) is 135 Å². The third-order valence-electron chi connectivity index (χ3n) is 9.56. The fraction of sp³-hybridized carbons (Fsp3) is 0.395. The van der Waals surface area contributed by atoms with Crippen LogP contribution in [0.5, 0.6) is 0 Å². The van der Waals surface area contributed by atoms with E-state index in [0.29, 0.717) is 69.7 Å². The van der Waals surface area contributed by atoms with Gasteiger partial charge in [0.25, 0.3) is 0 Å². The summed E-state index contributed by atoms with van der Waals surface area (Å²) in [6.07, 6.45) is 3.01. The number of aliphatic hydroxyl groups excluding tert-OH is 1. The average molecular weight is 812 g/mol. The Labute approximate surface area is 309 Å². The van der Waals surface area contributed by atoms with E-state index >= 15 is 0 Å². The molecule has 0 spiro atoms. The van der Waals surface area contributed by atoms with Gasteiger partial charge in [0.05, 0.1) is 9.34 Å². The predicted octanol–water partition coefficient (Wildman–Crippen LogP) is 6.81. The van der Waals surface area contributed by atoms with Crippen molar-refractivity contribution in [3.05, 3.63) is 120 Å². The summed E-state index contributed by atoms with van der Waals surface area (Å²) in [6.45, 7) is 5.15. The first-order valence-corrected chi connectivity index (χ1v) is 18.4. The lowest BCUT2D eigenvalue weighted by Gasteiger charge is -2.20. The highest BCUT2D eigenvalue weighted by atomic mass is 79.9. The van der Waals surface area contributed by atoms with Crippen LogP contribution < -0.4 is 0 Å². The molecule has 50 heavy (non-hydrogen) atoms. The summed E-state index contributed by atoms with van der Waals surface area (Å²) in [5.74, 6) is 1.61. The Bertz CT molecular complexity index is 1600. The number of amides is 3. The molecule has 4 fully saturated rings. The Hall–Kier alpha value is -3.87. The molecule has 3 aromatic carbocycles. The highest BCUT2D eigenvalue weighted by Crippen LogP contribution is 2.65. The minimum absolute atomic E-state index is 0.0657. The Kier molecular flexibility index (Phi) is 11.8. The van der Waals surface area contributed by atoms with Crippen molar-refractivity contribution in [2.75, 3.05) is 39.3 Å². The maximum atomic E-state index is 11.9. The molecule has 3 heterocycles. The number of likely N-dealkylation sites (tertiary alicyclic amines) is 2. The molecule has 0 aromatic heterocycles. The molecule has 10 nitrogen and oxygen atoms in total. The fourth-order valence-electron chi connectivity index (χ4n) is 6.36. The van der Waals surface area contributed by atoms with Gasteiger partial charge in [-0.15, -0.1) is 0 Å². The van der Waals surface area contributed by atoms with Crippen molar-refractivity contribution in [3.8, 4) is 0 Å². The van der Waals surface area contributed by atoms with Crippen molar-refractivity contribution in [2.45, 2.75) is 29.2 Å². The number of halogens is 2. The largest absolute Gasteiger partial charge is 0.445 e. The van der Waals surface area contributed by atoms with E-state index in [0.717, 1.165) is 29.8 Å². The van der Waals surface area contributed by atoms with E-state index in [2.05, 4.69) is 31.9 Å². The van der Waals surface area contributed by atoms with Crippen LogP contribution in [0.15, 0.2) is 103 Å². The molecule has 2 aliphatic carbocycles. The first-order valence-electron chi connectivity index (χ1n) is 16.8. The van der Waals surface area contributed by atoms with E-state index in [9.17, 15) is 19.5 Å². The second-order valence-corrected chi connectivity index (χ2v) is 16.7. The maximum absolute atomic E-state index is 11.9. The molecule has 0 bridgehead atoms. The van der Waals surface area contributed by atoms with Gasteiger partial charge >= 0.3 is 18.3 Å². The monoisotopic (exact) mass is 809 g/mol. The summed E-state index contributed by atoms with van der Waals surface area (Å²) in [6, 6.07) is 29.1. The minimum atomic E-state index is -0.270. The molecule has 8 rings (SSSR count). The van der Waals surface area contributed by atoms with E-state index in [1.165, 1.54) is 0 Å². The van der Waals surface area contributed by atoms with E-state index in [1.54, 1.807) is 14.7 Å². The van der Waals surface area contributed by atoms with Crippen molar-refractivity contribution in [3.63, 3.8) is 0 Å². The number of rotatable bonds is 6. The summed E-state index contributed by atoms with van der Waals surface area (Å²) >= 11 is 7.24. The van der Waals surface area contributed by atoms with E-state index < -0.39 is 0 Å². The third kappa shape index (κ3) is 9.26. The molecule has 4 atom stereocenters. The standard InChI is InChI=1S/C13H13Br2NO2.C13H15NO3.C12H13NO2/c14-13(15)10-6-16(7-11(10)13)12(17)18-8-9-4-2-1-3-5-9;15-12-10-6-14(7-11(10)12)13(16)17-8-9-4-2-1-3-5-9;14-12(13-8-4-5-9-13)15-10-11-6-2-1-3-7-11/h1-5,10-11H,6-8H2;1-5,10-12,15H,6-8H2;1-7H,8-10H2. The maximum Gasteiger partial charge on any atom is 0.410 e. The number of piperidine rings is 2. The second kappa shape index (κ2) is 16.4. The number of benzene rings is 3. The fourth-order valence-corrected chi connectivity index (χ4v) is 7.95. The number of hydrogen-bond acceptors (Lipinski definition) is 7. The van der Waals surface area contributed by atoms with Gasteiger partial charge in [0.15, 0.2) is 0 Å². The van der Waals surface area contributed by atoms with Crippen LogP contribution in [0.3, 0.4) is 0 Å². The Morgan fingerprint density at radius 3 is 1.30 bits per heavy atom. The first kappa shape index (κ1) is 35.9. The first-order chi connectivity index (χ1) is 24.2. The minimum Gasteiger partial charge on any atom is -0.445 e. The molecule has 5 aliphatic rings. The zero-order valence-corrected chi connectivity index (χ0v) is 30.7. The van der Waals surface area contributed by atoms with Crippen LogP contribution in [-0.2, 0) is 34.0 Å². The quantitative estimate of drug-likeness (QED) is 0.166. The van der Waals surface area contributed by atoms with Crippen molar-refractivity contribution < 1.29 is 33.7 Å². The molecule has 264 valence electrons. The van der Waals surface area contributed by atoms with Gasteiger partial charge in [-0.2, -0.15) is 0 Å². The number of alkyl halides is 2. The van der Waals surface area contributed by atoms with Crippen LogP contribution in [-0.4, -0.2) is 86.7 Å². The number of hydrogen-bond donors (Lipinski definition) is 1. The molecule has 0 radical (unpaired) electrons. The van der Waals surface area contributed by atoms with Crippen LogP contribution in [0, 0.1) is 23.7 Å². The molecule has 3 aliphatic heterocycles. The number of carbonyl (C=O) groups excluding carboxylic acids is 3. The van der Waals surface area contributed by atoms with Crippen LogP contribution in [0.25, 0.3) is 0 Å². The average Bonchev–Trinajstić information content (AvgIpc) is 3.65. The summed E-state index contributed by atoms with van der Waals surface area (Å²) in [5.41, 5.74) is 3.02. The molecule has 3 amide bonds. The van der Waals surface area contributed by atoms with Crippen molar-refractivity contribution in [1.29, 1.82) is 0 Å². The van der Waals surface area contributed by atoms with Gasteiger partial charge in [0, 0.05) is 62.9 Å². The van der Waals surface area contributed by atoms with Crippen LogP contribution in [0.2, 0.25) is 0 Å². The molecule has 2 saturated heterocycles. The topological polar surface area (TPSA) is 109 Å². The summed E-state index contributed by atoms with van der Waals surface area (Å²) in [7, 11) is 0. The molecule has 2 saturated carbocycles. The lowest BCUT2D eigenvalue weighted by molar-refractivity contribution is 0.0931. The SMILES string of the molecule is O=C(OCc1ccccc1)N1CC2C(C1)C2(Br)Br.O=C(OCc1ccccc1)N1CC2C(O)C2C1.O=C(OCc1ccccc1)N1CC=CC1. The second-order valence-electron chi connectivity index (χ2n) is 13.0. The molecular weight excluding hydrogens is 770 g/mol. The predicted molar refractivity (Wildman–Crippen MR) is 194 cm³/mol. The highest BCUT2D eigenvalue weighted by molar-refractivity contribution is 9.25. The smallest absolute Gasteiger partial charge is 0.410 e. The van der Waals surface area contributed by atoms with E-state index in [-0.39, 0.29) is 27.6 Å². The number of fused-ring (bicyclic) bond motifs is 2. The molecule has 12 heteroatoms. The lowest BCUT2D eigenvalue weighted by Crippen LogP contribution is -2.33. The third-order valence-corrected chi connectivity index (χ3v) is 11.9. The zero-order valence-electron chi connectivity index (χ0n) is 27.6. The number of carbonyl (C=O) groups is 3. The van der Waals surface area contributed by atoms with Gasteiger partial charge in [-0.05, 0) is 16.7 Å². The van der Waals surface area contributed by atoms with Gasteiger partial charge < -0.3 is 34.0 Å². The normalized spacial score (nSPS) is 24.5. The van der Waals surface area contributed by atoms with Gasteiger partial charge in [0.1, 0.15) is 19.8 Å². The summed E-state index contributed by atoms with van der Waals surface area (Å²) in [5, 5.41) is 9.37. The molecule has 3 aromatic rings. The van der Waals surface area contributed by atoms with Crippen LogP contribution in [0.4, 0.5) is 14.4 Å². The van der Waals surface area contributed by atoms with Crippen molar-refractivity contribution in [1.82, 2.24) is 14.7 Å². The summed E-state index contributed by atoms with van der Waals surface area (Å²) < 4.78 is 15.8. The van der Waals surface area contributed by atoms with Crippen LogP contribution >= 0.6 is 31.9 Å². The zero-order chi connectivity index (χ0) is 35.1. The van der Waals surface area contributed by atoms with Crippen molar-refractivity contribution >= 4 is 50.1 Å². The Morgan fingerprint density at radius 2 is 0.920 bits per heavy atom. The Balaban J connectivity index is 0.000000130. The van der Waals surface area contributed by atoms with Crippen LogP contribution in [0.1, 0.15) is 16.7 Å². The van der Waals surface area contributed by atoms with Gasteiger partial charge in [-0.3, -0.25) is 0 Å². The number of aliphatic hydroxyl groups is 1. The summed E-state index contributed by atoms with van der Waals surface area (Å²) in [4.78, 5) is 40.2. The number of nitrogens with zero attached hydrogens (tertiary/aromatic N) is 3. The molecule has 4 unspecified atom stereocenters. The lowest BCUT2D eigenvalue weighted by atomic mass is 10.2. The molecular formula is C38H41Br2N3O7. The highest BCUT2D eigenvalue weighted by Gasteiger charge is 2.66. The van der Waals surface area contributed by atoms with E-state index in [1.807, 2.05) is 103 Å². The van der Waals surface area contributed by atoms with E-state index in [4.69, 9.17) is 14.2 Å². The van der Waals surface area contributed by atoms with Gasteiger partial charge in [-0.25, -0.2) is 14.4 Å². The Morgan fingerprint density at radius 1 is 0.580 bits per heavy atom. The van der Waals surface area contributed by atoms with Gasteiger partial charge in [0.2, 0.25) is 0 Å². The number of ether oxygens (including phenoxy) is 3. The molecule has 1 N–H and O–H groups in total. The van der Waals surface area contributed by atoms with Crippen molar-refractivity contribution in [2.24, 2.45) is 23.7 Å².